The molecule has 0 radical (unpaired) electrons. The summed E-state index contributed by atoms with van der Waals surface area (Å²) in [4.78, 5) is 11.1. The number of carbonyl (C=O) groups is 1. The van der Waals surface area contributed by atoms with Gasteiger partial charge in [-0.3, -0.25) is 0 Å². The third-order valence-electron chi connectivity index (χ3n) is 2.75. The maximum Gasteiger partial charge on any atom is 0.344 e. The summed E-state index contributed by atoms with van der Waals surface area (Å²) < 4.78 is 5.69. The first-order chi connectivity index (χ1) is 8.60. The van der Waals surface area contributed by atoms with Crippen molar-refractivity contribution in [2.75, 3.05) is 7.05 Å². The summed E-state index contributed by atoms with van der Waals surface area (Å²) >= 11 is 0. The highest BCUT2D eigenvalue weighted by Gasteiger charge is 2.20. The SMILES string of the molecule is CCCC(Oc1c(C)cccc1CNC)C(=O)O. The first kappa shape index (κ1) is 14.5. The van der Waals surface area contributed by atoms with E-state index in [0.717, 1.165) is 17.5 Å². The molecule has 0 aliphatic carbocycles. The van der Waals surface area contributed by atoms with Gasteiger partial charge in [0.25, 0.3) is 0 Å². The molecule has 0 spiro atoms. The third kappa shape index (κ3) is 3.74. The van der Waals surface area contributed by atoms with Crippen LogP contribution in [0.4, 0.5) is 0 Å². The fraction of sp³-hybridized carbons (Fsp3) is 0.500. The number of aliphatic carboxylic acids is 1. The Kier molecular flexibility index (Phi) is 5.65. The molecule has 0 heterocycles. The number of carboxylic acid groups (broad SMARTS) is 1. The predicted octanol–water partition coefficient (Wildman–Crippen LogP) is 2.35. The van der Waals surface area contributed by atoms with Crippen molar-refractivity contribution in [3.63, 3.8) is 0 Å². The third-order valence-corrected chi connectivity index (χ3v) is 2.75. The fourth-order valence-corrected chi connectivity index (χ4v) is 1.85. The number of benzene rings is 1. The zero-order chi connectivity index (χ0) is 13.5. The van der Waals surface area contributed by atoms with Gasteiger partial charge in [0.05, 0.1) is 0 Å². The quantitative estimate of drug-likeness (QED) is 0.781. The summed E-state index contributed by atoms with van der Waals surface area (Å²) in [6, 6.07) is 5.83. The first-order valence-corrected chi connectivity index (χ1v) is 6.22. The zero-order valence-corrected chi connectivity index (χ0v) is 11.2. The molecule has 1 unspecified atom stereocenters. The summed E-state index contributed by atoms with van der Waals surface area (Å²) in [6.07, 6.45) is 0.527. The number of carboxylic acids is 1. The standard InChI is InChI=1S/C14H21NO3/c1-4-6-12(14(16)17)18-13-10(2)7-5-8-11(13)9-15-3/h5,7-8,12,15H,4,6,9H2,1-3H3,(H,16,17). The Labute approximate surface area is 108 Å². The van der Waals surface area contributed by atoms with E-state index in [-0.39, 0.29) is 0 Å². The molecule has 0 bridgehead atoms. The van der Waals surface area contributed by atoms with Crippen LogP contribution in [0.3, 0.4) is 0 Å². The van der Waals surface area contributed by atoms with Crippen molar-refractivity contribution in [1.82, 2.24) is 5.32 Å². The smallest absolute Gasteiger partial charge is 0.344 e. The molecule has 0 fully saturated rings. The van der Waals surface area contributed by atoms with E-state index in [0.29, 0.717) is 18.7 Å². The van der Waals surface area contributed by atoms with Crippen LogP contribution in [0.1, 0.15) is 30.9 Å². The average Bonchev–Trinajstić information content (AvgIpc) is 2.32. The van der Waals surface area contributed by atoms with Gasteiger partial charge in [-0.15, -0.1) is 0 Å². The van der Waals surface area contributed by atoms with Gasteiger partial charge in [0.15, 0.2) is 6.10 Å². The minimum atomic E-state index is -0.907. The molecule has 1 rings (SSSR count). The monoisotopic (exact) mass is 251 g/mol. The van der Waals surface area contributed by atoms with Crippen LogP contribution in [0.5, 0.6) is 5.75 Å². The minimum absolute atomic E-state index is 0.517. The Morgan fingerprint density at radius 2 is 2.22 bits per heavy atom. The second-order valence-electron chi connectivity index (χ2n) is 4.33. The zero-order valence-electron chi connectivity index (χ0n) is 11.2. The van der Waals surface area contributed by atoms with Crippen LogP contribution in [0.15, 0.2) is 18.2 Å². The van der Waals surface area contributed by atoms with Crippen LogP contribution in [0.2, 0.25) is 0 Å². The number of aryl methyl sites for hydroxylation is 1. The van der Waals surface area contributed by atoms with Crippen molar-refractivity contribution in [2.24, 2.45) is 0 Å². The lowest BCUT2D eigenvalue weighted by Gasteiger charge is -2.19. The first-order valence-electron chi connectivity index (χ1n) is 6.22. The van der Waals surface area contributed by atoms with Crippen molar-refractivity contribution in [1.29, 1.82) is 0 Å². The summed E-state index contributed by atoms with van der Waals surface area (Å²) in [5, 5.41) is 12.2. The van der Waals surface area contributed by atoms with Crippen molar-refractivity contribution in [3.8, 4) is 5.75 Å². The van der Waals surface area contributed by atoms with Gasteiger partial charge in [0.2, 0.25) is 0 Å². The lowest BCUT2D eigenvalue weighted by atomic mass is 10.1. The molecule has 0 saturated heterocycles. The van der Waals surface area contributed by atoms with Gasteiger partial charge in [-0.2, -0.15) is 0 Å². The highest BCUT2D eigenvalue weighted by molar-refractivity contribution is 5.72. The molecule has 4 nitrogen and oxygen atoms in total. The van der Waals surface area contributed by atoms with Crippen LogP contribution < -0.4 is 10.1 Å². The van der Waals surface area contributed by atoms with Gasteiger partial charge in [-0.1, -0.05) is 31.5 Å². The normalized spacial score (nSPS) is 12.2. The summed E-state index contributed by atoms with van der Waals surface area (Å²) in [6.45, 7) is 4.54. The number of hydrogen-bond acceptors (Lipinski definition) is 3. The Bertz CT molecular complexity index is 404. The van der Waals surface area contributed by atoms with Crippen LogP contribution in [0.25, 0.3) is 0 Å². The molecule has 0 saturated carbocycles. The van der Waals surface area contributed by atoms with Gasteiger partial charge in [0, 0.05) is 12.1 Å². The van der Waals surface area contributed by atoms with Gasteiger partial charge in [0.1, 0.15) is 5.75 Å². The van der Waals surface area contributed by atoms with E-state index in [1.165, 1.54) is 0 Å². The molecule has 0 aromatic heterocycles. The van der Waals surface area contributed by atoms with Crippen LogP contribution in [-0.4, -0.2) is 24.2 Å². The fourth-order valence-electron chi connectivity index (χ4n) is 1.85. The number of rotatable bonds is 7. The Balaban J connectivity index is 2.96. The summed E-state index contributed by atoms with van der Waals surface area (Å²) in [5.74, 6) is -0.219. The molecule has 2 N–H and O–H groups in total. The van der Waals surface area contributed by atoms with Gasteiger partial charge < -0.3 is 15.2 Å². The molecular formula is C14H21NO3. The van der Waals surface area contributed by atoms with E-state index >= 15 is 0 Å². The van der Waals surface area contributed by atoms with E-state index < -0.39 is 12.1 Å². The minimum Gasteiger partial charge on any atom is -0.479 e. The van der Waals surface area contributed by atoms with E-state index in [4.69, 9.17) is 9.84 Å². The van der Waals surface area contributed by atoms with E-state index in [1.807, 2.05) is 39.1 Å². The van der Waals surface area contributed by atoms with E-state index in [2.05, 4.69) is 5.32 Å². The predicted molar refractivity (Wildman–Crippen MR) is 70.9 cm³/mol. The molecule has 1 aromatic rings. The van der Waals surface area contributed by atoms with Crippen molar-refractivity contribution < 1.29 is 14.6 Å². The topological polar surface area (TPSA) is 58.6 Å². The molecule has 1 atom stereocenters. The Morgan fingerprint density at radius 3 is 2.78 bits per heavy atom. The summed E-state index contributed by atoms with van der Waals surface area (Å²) in [5.41, 5.74) is 1.95. The Morgan fingerprint density at radius 1 is 1.50 bits per heavy atom. The molecule has 0 aliphatic heterocycles. The molecular weight excluding hydrogens is 230 g/mol. The average molecular weight is 251 g/mol. The maximum atomic E-state index is 11.1. The summed E-state index contributed by atoms with van der Waals surface area (Å²) in [7, 11) is 1.85. The highest BCUT2D eigenvalue weighted by atomic mass is 16.5. The van der Waals surface area contributed by atoms with Crippen LogP contribution in [-0.2, 0) is 11.3 Å². The molecule has 0 amide bonds. The maximum absolute atomic E-state index is 11.1. The number of ether oxygens (including phenoxy) is 1. The second-order valence-corrected chi connectivity index (χ2v) is 4.33. The van der Waals surface area contributed by atoms with Gasteiger partial charge >= 0.3 is 5.97 Å². The molecule has 4 heteroatoms. The molecule has 1 aromatic carbocycles. The highest BCUT2D eigenvalue weighted by Crippen LogP contribution is 2.25. The molecule has 100 valence electrons. The second kappa shape index (κ2) is 7.01. The van der Waals surface area contributed by atoms with Crippen LogP contribution >= 0.6 is 0 Å². The Hall–Kier alpha value is -1.55. The molecule has 18 heavy (non-hydrogen) atoms. The van der Waals surface area contributed by atoms with Gasteiger partial charge in [-0.25, -0.2) is 4.79 Å². The van der Waals surface area contributed by atoms with Gasteiger partial charge in [-0.05, 0) is 26.0 Å². The largest absolute Gasteiger partial charge is 0.479 e. The van der Waals surface area contributed by atoms with Crippen molar-refractivity contribution in [2.45, 2.75) is 39.3 Å². The number of nitrogens with one attached hydrogen (secondary N) is 1. The molecule has 0 aliphatic rings. The number of hydrogen-bond donors (Lipinski definition) is 2. The lowest BCUT2D eigenvalue weighted by molar-refractivity contribution is -0.145. The van der Waals surface area contributed by atoms with E-state index in [1.54, 1.807) is 0 Å². The van der Waals surface area contributed by atoms with Crippen molar-refractivity contribution >= 4 is 5.97 Å². The van der Waals surface area contributed by atoms with Crippen LogP contribution in [0, 0.1) is 6.92 Å². The lowest BCUT2D eigenvalue weighted by Crippen LogP contribution is -2.27. The van der Waals surface area contributed by atoms with Crippen molar-refractivity contribution in [3.05, 3.63) is 29.3 Å². The van der Waals surface area contributed by atoms with E-state index in [9.17, 15) is 4.79 Å². The number of para-hydroxylation sites is 1.